The Morgan fingerprint density at radius 3 is 2.57 bits per heavy atom. The molecule has 0 aliphatic carbocycles. The Morgan fingerprint density at radius 2 is 1.89 bits per heavy atom. The minimum Gasteiger partial charge on any atom is -0.543 e. The first-order valence-corrected chi connectivity index (χ1v) is 14.4. The Kier molecular flexibility index (Phi) is 6.27. The zero-order valence-electron chi connectivity index (χ0n) is 20.9. The lowest BCUT2D eigenvalue weighted by molar-refractivity contribution is 0.0994. The van der Waals surface area contributed by atoms with Crippen LogP contribution in [0.25, 0.3) is 0 Å². The minimum absolute atomic E-state index is 0.0132. The number of hydrogen-bond acceptors (Lipinski definition) is 6. The summed E-state index contributed by atoms with van der Waals surface area (Å²) in [4.78, 5) is 28.8. The first kappa shape index (κ1) is 24.6. The SMILES string of the molecule is Cc1cc(F)c(Nc2ccnc3c2C(=O)Cc2cc(C=O)ccc2N3)cc1O[Si](C)(C)C(C)(C)C. The Bertz CT molecular complexity index is 1330. The molecule has 6 nitrogen and oxygen atoms in total. The molecule has 4 rings (SSSR count). The van der Waals surface area contributed by atoms with E-state index in [2.05, 4.69) is 49.5 Å². The lowest BCUT2D eigenvalue weighted by Gasteiger charge is -2.37. The molecule has 8 heteroatoms. The second-order valence-electron chi connectivity index (χ2n) is 10.4. The number of carbonyl (C=O) groups is 2. The van der Waals surface area contributed by atoms with Gasteiger partial charge in [-0.3, -0.25) is 9.59 Å². The zero-order chi connectivity index (χ0) is 25.5. The third-order valence-electron chi connectivity index (χ3n) is 6.80. The van der Waals surface area contributed by atoms with Crippen molar-refractivity contribution in [2.45, 2.75) is 52.2 Å². The quantitative estimate of drug-likeness (QED) is 0.297. The van der Waals surface area contributed by atoms with Gasteiger partial charge in [0.15, 0.2) is 5.78 Å². The van der Waals surface area contributed by atoms with Crippen LogP contribution in [-0.4, -0.2) is 25.4 Å². The van der Waals surface area contributed by atoms with Crippen molar-refractivity contribution in [3.8, 4) is 5.75 Å². The number of halogens is 1. The molecule has 0 saturated carbocycles. The molecular formula is C27H30FN3O3Si. The van der Waals surface area contributed by atoms with E-state index >= 15 is 4.39 Å². The Hall–Kier alpha value is -3.52. The van der Waals surface area contributed by atoms with Gasteiger partial charge in [0.05, 0.1) is 16.9 Å². The summed E-state index contributed by atoms with van der Waals surface area (Å²) in [5, 5.41) is 6.28. The number of carbonyl (C=O) groups excluding carboxylic acids is 2. The molecule has 0 atom stereocenters. The number of aldehydes is 1. The molecule has 0 unspecified atom stereocenters. The summed E-state index contributed by atoms with van der Waals surface area (Å²) in [6.07, 6.45) is 2.40. The summed E-state index contributed by atoms with van der Waals surface area (Å²) in [6.45, 7) is 12.6. The summed E-state index contributed by atoms with van der Waals surface area (Å²) in [5.74, 6) is 0.375. The number of ketones is 1. The van der Waals surface area contributed by atoms with E-state index in [1.165, 1.54) is 6.07 Å². The van der Waals surface area contributed by atoms with Gasteiger partial charge in [-0.2, -0.15) is 0 Å². The van der Waals surface area contributed by atoms with Crippen molar-refractivity contribution >= 4 is 43.3 Å². The summed E-state index contributed by atoms with van der Waals surface area (Å²) >= 11 is 0. The van der Waals surface area contributed by atoms with Gasteiger partial charge < -0.3 is 15.1 Å². The van der Waals surface area contributed by atoms with Crippen molar-refractivity contribution in [2.75, 3.05) is 10.6 Å². The van der Waals surface area contributed by atoms with Gasteiger partial charge in [0.25, 0.3) is 0 Å². The Balaban J connectivity index is 1.71. The van der Waals surface area contributed by atoms with E-state index in [1.807, 2.05) is 6.92 Å². The average Bonchev–Trinajstić information content (AvgIpc) is 2.91. The van der Waals surface area contributed by atoms with Crippen LogP contribution < -0.4 is 15.1 Å². The van der Waals surface area contributed by atoms with Gasteiger partial charge in [-0.05, 0) is 66.5 Å². The van der Waals surface area contributed by atoms with Crippen molar-refractivity contribution < 1.29 is 18.4 Å². The van der Waals surface area contributed by atoms with Gasteiger partial charge in [-0.15, -0.1) is 0 Å². The second-order valence-corrected chi connectivity index (χ2v) is 15.2. The molecule has 2 aromatic carbocycles. The number of rotatable bonds is 5. The maximum absolute atomic E-state index is 15.0. The van der Waals surface area contributed by atoms with E-state index in [1.54, 1.807) is 36.5 Å². The van der Waals surface area contributed by atoms with E-state index in [-0.39, 0.29) is 22.9 Å². The first-order valence-electron chi connectivity index (χ1n) is 11.5. The van der Waals surface area contributed by atoms with E-state index in [0.29, 0.717) is 45.2 Å². The predicted octanol–water partition coefficient (Wildman–Crippen LogP) is 6.95. The van der Waals surface area contributed by atoms with Gasteiger partial charge in [-0.25, -0.2) is 9.37 Å². The van der Waals surface area contributed by atoms with Crippen molar-refractivity contribution in [2.24, 2.45) is 0 Å². The Labute approximate surface area is 206 Å². The molecule has 0 amide bonds. The number of anilines is 4. The maximum atomic E-state index is 15.0. The monoisotopic (exact) mass is 491 g/mol. The van der Waals surface area contributed by atoms with Crippen molar-refractivity contribution in [1.29, 1.82) is 0 Å². The Morgan fingerprint density at radius 1 is 1.14 bits per heavy atom. The number of Topliss-reactive ketones (excluding diaryl/α,β-unsaturated/α-hetero) is 1. The number of aryl methyl sites for hydroxylation is 1. The smallest absolute Gasteiger partial charge is 0.250 e. The number of pyridine rings is 1. The van der Waals surface area contributed by atoms with Crippen molar-refractivity contribution in [3.63, 3.8) is 0 Å². The van der Waals surface area contributed by atoms with Crippen LogP contribution in [0.4, 0.5) is 27.3 Å². The average molecular weight is 492 g/mol. The predicted molar refractivity (Wildman–Crippen MR) is 140 cm³/mol. The topological polar surface area (TPSA) is 80.3 Å². The van der Waals surface area contributed by atoms with E-state index in [9.17, 15) is 9.59 Å². The molecule has 0 fully saturated rings. The van der Waals surface area contributed by atoms with Gasteiger partial charge in [0.2, 0.25) is 8.32 Å². The molecule has 182 valence electrons. The molecule has 0 saturated heterocycles. The number of fused-ring (bicyclic) bond motifs is 2. The van der Waals surface area contributed by atoms with E-state index in [4.69, 9.17) is 4.43 Å². The summed E-state index contributed by atoms with van der Waals surface area (Å²) in [7, 11) is -2.14. The molecule has 35 heavy (non-hydrogen) atoms. The first-order chi connectivity index (χ1) is 16.4. The fourth-order valence-corrected chi connectivity index (χ4v) is 4.79. The number of nitrogens with one attached hydrogen (secondary N) is 2. The summed E-state index contributed by atoms with van der Waals surface area (Å²) in [5.41, 5.74) is 3.61. The van der Waals surface area contributed by atoms with Crippen LogP contribution >= 0.6 is 0 Å². The summed E-state index contributed by atoms with van der Waals surface area (Å²) < 4.78 is 21.5. The second kappa shape index (κ2) is 8.92. The van der Waals surface area contributed by atoms with Crippen LogP contribution in [-0.2, 0) is 6.42 Å². The number of benzene rings is 2. The highest BCUT2D eigenvalue weighted by Crippen LogP contribution is 2.40. The van der Waals surface area contributed by atoms with Crippen LogP contribution in [0, 0.1) is 12.7 Å². The normalized spacial score (nSPS) is 13.3. The lowest BCUT2D eigenvalue weighted by Crippen LogP contribution is -2.44. The van der Waals surface area contributed by atoms with Gasteiger partial charge in [-0.1, -0.05) is 20.8 Å². The third-order valence-corrected chi connectivity index (χ3v) is 11.1. The molecule has 2 heterocycles. The van der Waals surface area contributed by atoms with Gasteiger partial charge in [0, 0.05) is 29.9 Å². The van der Waals surface area contributed by atoms with Crippen LogP contribution in [0.3, 0.4) is 0 Å². The molecule has 1 aliphatic heterocycles. The molecule has 0 bridgehead atoms. The standard InChI is InChI=1S/C27H30FN3O3Si/c1-16-11-19(28)22(14-24(16)34-35(5,6)27(2,3)4)30-21-9-10-29-26-25(21)23(33)13-18-12-17(15-32)7-8-20(18)31-26/h7-12,14-15H,13H2,1-6H3,(H2,29,30,31). The minimum atomic E-state index is -2.14. The highest BCUT2D eigenvalue weighted by atomic mass is 28.4. The molecule has 0 spiro atoms. The lowest BCUT2D eigenvalue weighted by atomic mass is 10.0. The maximum Gasteiger partial charge on any atom is 0.250 e. The third kappa shape index (κ3) is 4.84. The molecule has 3 aromatic rings. The van der Waals surface area contributed by atoms with Crippen molar-refractivity contribution in [3.05, 3.63) is 70.7 Å². The van der Waals surface area contributed by atoms with Crippen LogP contribution in [0.1, 0.15) is 52.6 Å². The molecule has 1 aliphatic rings. The largest absolute Gasteiger partial charge is 0.543 e. The van der Waals surface area contributed by atoms with Gasteiger partial charge in [0.1, 0.15) is 23.7 Å². The number of nitrogens with zero attached hydrogens (tertiary/aromatic N) is 1. The highest BCUT2D eigenvalue weighted by Gasteiger charge is 2.39. The van der Waals surface area contributed by atoms with Crippen LogP contribution in [0.5, 0.6) is 5.75 Å². The zero-order valence-corrected chi connectivity index (χ0v) is 21.9. The fourth-order valence-electron chi connectivity index (χ4n) is 3.72. The van der Waals surface area contributed by atoms with Crippen molar-refractivity contribution in [1.82, 2.24) is 4.98 Å². The fraction of sp³-hybridized carbons (Fsp3) is 0.296. The molecular weight excluding hydrogens is 461 g/mol. The van der Waals surface area contributed by atoms with E-state index < -0.39 is 14.1 Å². The van der Waals surface area contributed by atoms with Crippen LogP contribution in [0.15, 0.2) is 42.6 Å². The van der Waals surface area contributed by atoms with Crippen LogP contribution in [0.2, 0.25) is 18.1 Å². The molecule has 2 N–H and O–H groups in total. The molecule has 0 radical (unpaired) electrons. The van der Waals surface area contributed by atoms with E-state index in [0.717, 1.165) is 6.29 Å². The highest BCUT2D eigenvalue weighted by molar-refractivity contribution is 6.74. The number of hydrogen-bond donors (Lipinski definition) is 2. The van der Waals surface area contributed by atoms with Gasteiger partial charge >= 0.3 is 0 Å². The summed E-state index contributed by atoms with van der Waals surface area (Å²) in [6, 6.07) is 9.89. The molecule has 1 aromatic heterocycles. The number of aromatic nitrogens is 1.